The average molecular weight is 335 g/mol. The van der Waals surface area contributed by atoms with Crippen LogP contribution in [0.1, 0.15) is 29.5 Å². The van der Waals surface area contributed by atoms with Crippen molar-refractivity contribution in [2.45, 2.75) is 31.2 Å². The van der Waals surface area contributed by atoms with E-state index in [4.69, 9.17) is 0 Å². The number of hydrogen-bond acceptors (Lipinski definition) is 2. The number of hydrogen-bond donors (Lipinski definition) is 1. The van der Waals surface area contributed by atoms with E-state index in [1.54, 1.807) is 6.07 Å². The van der Waals surface area contributed by atoms with Gasteiger partial charge in [0.05, 0.1) is 11.2 Å². The number of piperidine rings is 1. The van der Waals surface area contributed by atoms with Crippen molar-refractivity contribution in [2.75, 3.05) is 13.1 Å². The summed E-state index contributed by atoms with van der Waals surface area (Å²) in [4.78, 5) is 2.17. The van der Waals surface area contributed by atoms with Gasteiger partial charge in [0.1, 0.15) is 0 Å². The summed E-state index contributed by atoms with van der Waals surface area (Å²) >= 11 is 0. The number of nitrogens with zero attached hydrogens (tertiary/aromatic N) is 1. The Morgan fingerprint density at radius 3 is 2.12 bits per heavy atom. The lowest BCUT2D eigenvalue weighted by atomic mass is 9.81. The topological polar surface area (TPSA) is 23.5 Å². The van der Waals surface area contributed by atoms with Gasteiger partial charge in [-0.15, -0.1) is 0 Å². The van der Waals surface area contributed by atoms with Gasteiger partial charge in [-0.2, -0.15) is 13.2 Å². The number of rotatable bonds is 3. The van der Waals surface area contributed by atoms with Crippen LogP contribution in [-0.2, 0) is 18.3 Å². The van der Waals surface area contributed by atoms with Crippen molar-refractivity contribution in [3.05, 3.63) is 71.3 Å². The standard InChI is InChI=1S/C19H20F3NO/c20-19(21,22)17-9-5-4-8-16(17)18(24)10-12-23(13-11-18)14-15-6-2-1-3-7-15/h1-9,24H,10-14H2. The first-order chi connectivity index (χ1) is 11.4. The monoisotopic (exact) mass is 335 g/mol. The van der Waals surface area contributed by atoms with E-state index in [-0.39, 0.29) is 5.56 Å². The van der Waals surface area contributed by atoms with Gasteiger partial charge in [-0.25, -0.2) is 0 Å². The molecule has 0 aliphatic carbocycles. The maximum atomic E-state index is 13.2. The zero-order chi connectivity index (χ0) is 17.2. The average Bonchev–Trinajstić information content (AvgIpc) is 2.57. The Balaban J connectivity index is 1.74. The molecule has 0 unspecified atom stereocenters. The van der Waals surface area contributed by atoms with Crippen molar-refractivity contribution in [1.82, 2.24) is 4.90 Å². The first-order valence-corrected chi connectivity index (χ1v) is 8.04. The summed E-state index contributed by atoms with van der Waals surface area (Å²) in [5.41, 5.74) is -0.987. The van der Waals surface area contributed by atoms with Crippen molar-refractivity contribution in [3.63, 3.8) is 0 Å². The Morgan fingerprint density at radius 2 is 1.50 bits per heavy atom. The summed E-state index contributed by atoms with van der Waals surface area (Å²) < 4.78 is 39.6. The van der Waals surface area contributed by atoms with Gasteiger partial charge in [-0.1, -0.05) is 48.5 Å². The van der Waals surface area contributed by atoms with Crippen LogP contribution >= 0.6 is 0 Å². The van der Waals surface area contributed by atoms with E-state index in [9.17, 15) is 18.3 Å². The lowest BCUT2D eigenvalue weighted by Gasteiger charge is -2.39. The normalized spacial score (nSPS) is 18.5. The minimum Gasteiger partial charge on any atom is -0.385 e. The lowest BCUT2D eigenvalue weighted by Crippen LogP contribution is -2.43. The molecule has 2 aromatic rings. The zero-order valence-corrected chi connectivity index (χ0v) is 13.3. The molecule has 1 heterocycles. The fourth-order valence-electron chi connectivity index (χ4n) is 3.33. The SMILES string of the molecule is OC1(c2ccccc2C(F)(F)F)CCN(Cc2ccccc2)CC1. The fourth-order valence-corrected chi connectivity index (χ4v) is 3.33. The summed E-state index contributed by atoms with van der Waals surface area (Å²) in [5.74, 6) is 0. The molecule has 0 radical (unpaired) electrons. The summed E-state index contributed by atoms with van der Waals surface area (Å²) in [5, 5.41) is 10.8. The summed E-state index contributed by atoms with van der Waals surface area (Å²) in [7, 11) is 0. The van der Waals surface area contributed by atoms with Crippen molar-refractivity contribution >= 4 is 0 Å². The van der Waals surface area contributed by atoms with Crippen molar-refractivity contribution < 1.29 is 18.3 Å². The highest BCUT2D eigenvalue weighted by atomic mass is 19.4. The van der Waals surface area contributed by atoms with Crippen LogP contribution in [0.3, 0.4) is 0 Å². The largest absolute Gasteiger partial charge is 0.416 e. The van der Waals surface area contributed by atoms with E-state index in [1.807, 2.05) is 30.3 Å². The molecule has 0 amide bonds. The van der Waals surface area contributed by atoms with Crippen molar-refractivity contribution in [1.29, 1.82) is 0 Å². The molecule has 24 heavy (non-hydrogen) atoms. The smallest absolute Gasteiger partial charge is 0.385 e. The Hall–Kier alpha value is -1.85. The van der Waals surface area contributed by atoms with Crippen LogP contribution in [0.2, 0.25) is 0 Å². The fraction of sp³-hybridized carbons (Fsp3) is 0.368. The first kappa shape index (κ1) is 17.0. The first-order valence-electron chi connectivity index (χ1n) is 8.04. The van der Waals surface area contributed by atoms with Gasteiger partial charge in [0.15, 0.2) is 0 Å². The zero-order valence-electron chi connectivity index (χ0n) is 13.3. The van der Waals surface area contributed by atoms with Gasteiger partial charge in [0.2, 0.25) is 0 Å². The van der Waals surface area contributed by atoms with E-state index >= 15 is 0 Å². The number of benzene rings is 2. The Bertz CT molecular complexity index is 677. The molecule has 1 aliphatic heterocycles. The van der Waals surface area contributed by atoms with Crippen LogP contribution in [0.15, 0.2) is 54.6 Å². The van der Waals surface area contributed by atoms with E-state index in [2.05, 4.69) is 4.90 Å². The third kappa shape index (κ3) is 3.62. The molecule has 0 atom stereocenters. The molecule has 2 aromatic carbocycles. The summed E-state index contributed by atoms with van der Waals surface area (Å²) in [6.07, 6.45) is -3.85. The molecule has 0 saturated carbocycles. The van der Waals surface area contributed by atoms with E-state index < -0.39 is 17.3 Å². The molecule has 2 nitrogen and oxygen atoms in total. The second kappa shape index (κ2) is 6.57. The molecule has 1 saturated heterocycles. The van der Waals surface area contributed by atoms with Gasteiger partial charge in [0.25, 0.3) is 0 Å². The molecule has 0 bridgehead atoms. The summed E-state index contributed by atoms with van der Waals surface area (Å²) in [6.45, 7) is 1.88. The summed E-state index contributed by atoms with van der Waals surface area (Å²) in [6, 6.07) is 15.3. The van der Waals surface area contributed by atoms with Crippen molar-refractivity contribution in [2.24, 2.45) is 0 Å². The van der Waals surface area contributed by atoms with Gasteiger partial charge in [-0.3, -0.25) is 4.90 Å². The molecule has 5 heteroatoms. The van der Waals surface area contributed by atoms with E-state index in [1.165, 1.54) is 17.7 Å². The minimum absolute atomic E-state index is 0.00291. The lowest BCUT2D eigenvalue weighted by molar-refractivity contribution is -0.142. The predicted molar refractivity (Wildman–Crippen MR) is 86.3 cm³/mol. The van der Waals surface area contributed by atoms with Gasteiger partial charge in [-0.05, 0) is 30.0 Å². The van der Waals surface area contributed by atoms with E-state index in [0.717, 1.165) is 12.6 Å². The molecule has 128 valence electrons. The van der Waals surface area contributed by atoms with Crippen LogP contribution in [0.5, 0.6) is 0 Å². The van der Waals surface area contributed by atoms with E-state index in [0.29, 0.717) is 25.9 Å². The maximum absolute atomic E-state index is 13.2. The Morgan fingerprint density at radius 1 is 0.917 bits per heavy atom. The maximum Gasteiger partial charge on any atom is 0.416 e. The van der Waals surface area contributed by atoms with Crippen LogP contribution in [0.25, 0.3) is 0 Å². The molecule has 0 aromatic heterocycles. The molecular weight excluding hydrogens is 315 g/mol. The minimum atomic E-state index is -4.45. The van der Waals surface area contributed by atoms with Crippen LogP contribution in [-0.4, -0.2) is 23.1 Å². The predicted octanol–water partition coefficient (Wildman–Crippen LogP) is 4.19. The molecule has 0 spiro atoms. The van der Waals surface area contributed by atoms with Gasteiger partial charge >= 0.3 is 6.18 Å². The number of likely N-dealkylation sites (tertiary alicyclic amines) is 1. The van der Waals surface area contributed by atoms with Crippen LogP contribution in [0, 0.1) is 0 Å². The molecule has 1 N–H and O–H groups in total. The van der Waals surface area contributed by atoms with Crippen LogP contribution in [0.4, 0.5) is 13.2 Å². The quantitative estimate of drug-likeness (QED) is 0.909. The van der Waals surface area contributed by atoms with Gasteiger partial charge < -0.3 is 5.11 Å². The third-order valence-corrected chi connectivity index (χ3v) is 4.67. The third-order valence-electron chi connectivity index (χ3n) is 4.67. The molecular formula is C19H20F3NO. The number of halogens is 3. The second-order valence-electron chi connectivity index (χ2n) is 6.34. The Labute approximate surface area is 139 Å². The van der Waals surface area contributed by atoms with Crippen LogP contribution < -0.4 is 0 Å². The molecule has 1 aliphatic rings. The number of alkyl halides is 3. The molecule has 3 rings (SSSR count). The van der Waals surface area contributed by atoms with Crippen molar-refractivity contribution in [3.8, 4) is 0 Å². The van der Waals surface area contributed by atoms with Gasteiger partial charge in [0, 0.05) is 19.6 Å². The molecule has 1 fully saturated rings. The number of aliphatic hydroxyl groups is 1. The highest BCUT2D eigenvalue weighted by Gasteiger charge is 2.42. The Kier molecular flexibility index (Phi) is 4.65. The second-order valence-corrected chi connectivity index (χ2v) is 6.34. The highest BCUT2D eigenvalue weighted by Crippen LogP contribution is 2.41. The highest BCUT2D eigenvalue weighted by molar-refractivity contribution is 5.35.